The van der Waals surface area contributed by atoms with Crippen molar-refractivity contribution in [1.29, 1.82) is 0 Å². The normalized spacial score (nSPS) is 15.2. The molecule has 0 bridgehead atoms. The average molecular weight is 433 g/mol. The molecule has 0 radical (unpaired) electrons. The molecule has 1 aliphatic heterocycles. The number of para-hydroxylation sites is 3. The van der Waals surface area contributed by atoms with Crippen LogP contribution in [0.4, 0.5) is 0 Å². The van der Waals surface area contributed by atoms with E-state index in [-0.39, 0.29) is 17.6 Å². The monoisotopic (exact) mass is 432 g/mol. The zero-order valence-corrected chi connectivity index (χ0v) is 17.5. The van der Waals surface area contributed by atoms with Crippen molar-refractivity contribution in [3.8, 4) is 11.5 Å². The second kappa shape index (κ2) is 8.31. The quantitative estimate of drug-likeness (QED) is 0.264. The van der Waals surface area contributed by atoms with Crippen LogP contribution in [0.15, 0.2) is 72.5 Å². The minimum Gasteiger partial charge on any atom is -0.485 e. The fourth-order valence-electron chi connectivity index (χ4n) is 3.60. The third-order valence-electron chi connectivity index (χ3n) is 5.08. The van der Waals surface area contributed by atoms with E-state index in [4.69, 9.17) is 9.47 Å². The molecule has 0 fully saturated rings. The maximum absolute atomic E-state index is 12.8. The fourth-order valence-corrected chi connectivity index (χ4v) is 4.44. The number of ketones is 1. The van der Waals surface area contributed by atoms with E-state index in [1.165, 1.54) is 11.8 Å². The van der Waals surface area contributed by atoms with Crippen molar-refractivity contribution in [1.82, 2.24) is 19.7 Å². The molecule has 8 heteroatoms. The van der Waals surface area contributed by atoms with Gasteiger partial charge in [0.1, 0.15) is 6.61 Å². The van der Waals surface area contributed by atoms with Gasteiger partial charge >= 0.3 is 0 Å². The predicted octanol–water partition coefficient (Wildman–Crippen LogP) is 4.43. The van der Waals surface area contributed by atoms with E-state index in [9.17, 15) is 4.79 Å². The molecule has 1 aliphatic rings. The van der Waals surface area contributed by atoms with Crippen molar-refractivity contribution >= 4 is 28.4 Å². The summed E-state index contributed by atoms with van der Waals surface area (Å²) in [7, 11) is 0. The molecule has 0 saturated heterocycles. The summed E-state index contributed by atoms with van der Waals surface area (Å²) >= 11 is 1.35. The van der Waals surface area contributed by atoms with Gasteiger partial charge in [-0.25, -0.2) is 0 Å². The molecule has 31 heavy (non-hydrogen) atoms. The number of nitrogens with one attached hydrogen (secondary N) is 1. The number of benzene rings is 2. The Morgan fingerprint density at radius 2 is 2.00 bits per heavy atom. The first-order valence-corrected chi connectivity index (χ1v) is 10.9. The van der Waals surface area contributed by atoms with Crippen LogP contribution in [0.1, 0.15) is 22.3 Å². The van der Waals surface area contributed by atoms with E-state index >= 15 is 0 Å². The molecule has 156 valence electrons. The van der Waals surface area contributed by atoms with Crippen molar-refractivity contribution in [2.75, 3.05) is 12.4 Å². The molecule has 2 aromatic carbocycles. The topological polar surface area (TPSA) is 82.0 Å². The molecule has 1 atom stereocenters. The van der Waals surface area contributed by atoms with E-state index < -0.39 is 0 Å². The molecule has 2 aromatic heterocycles. The van der Waals surface area contributed by atoms with Crippen LogP contribution in [0.3, 0.4) is 0 Å². The van der Waals surface area contributed by atoms with Gasteiger partial charge < -0.3 is 14.5 Å². The number of carbonyl (C=O) groups excluding carboxylic acids is 1. The Kier molecular flexibility index (Phi) is 5.21. The smallest absolute Gasteiger partial charge is 0.192 e. The highest BCUT2D eigenvalue weighted by molar-refractivity contribution is 7.99. The number of carbonyl (C=O) groups is 1. The number of ether oxygens (including phenoxy) is 2. The number of rotatable bonds is 7. The Balaban J connectivity index is 1.35. The lowest BCUT2D eigenvalue weighted by molar-refractivity contribution is 0.0821. The SMILES string of the molecule is C=CCn1c(SCC(=O)c2c[nH]c3ccccc23)nnc1[C@H]1COc2ccccc2O1. The maximum atomic E-state index is 12.8. The Morgan fingerprint density at radius 1 is 1.19 bits per heavy atom. The Hall–Kier alpha value is -3.52. The molecule has 5 rings (SSSR count). The minimum absolute atomic E-state index is 0.0309. The zero-order chi connectivity index (χ0) is 21.2. The number of allylic oxidation sites excluding steroid dienone is 1. The molecule has 7 nitrogen and oxygen atoms in total. The highest BCUT2D eigenvalue weighted by atomic mass is 32.2. The summed E-state index contributed by atoms with van der Waals surface area (Å²) < 4.78 is 13.8. The van der Waals surface area contributed by atoms with E-state index in [1.54, 1.807) is 12.3 Å². The molecular weight excluding hydrogens is 412 g/mol. The van der Waals surface area contributed by atoms with E-state index in [0.717, 1.165) is 10.9 Å². The number of Topliss-reactive ketones (excluding diaryl/α,β-unsaturated/α-hetero) is 1. The molecule has 1 N–H and O–H groups in total. The fraction of sp³-hybridized carbons (Fsp3) is 0.174. The van der Waals surface area contributed by atoms with Gasteiger partial charge in [0.05, 0.1) is 5.75 Å². The number of aromatic nitrogens is 4. The standard InChI is InChI=1S/C23H20N4O3S/c1-2-11-27-22(21-13-29-19-9-5-6-10-20(19)30-21)25-26-23(27)31-14-18(28)16-12-24-17-8-4-3-7-15(16)17/h2-10,12,21,24H,1,11,13-14H2/t21-/m1/s1. The lowest BCUT2D eigenvalue weighted by Crippen LogP contribution is -2.25. The second-order valence-corrected chi connectivity index (χ2v) is 8.01. The summed E-state index contributed by atoms with van der Waals surface area (Å²) in [6, 6.07) is 15.3. The van der Waals surface area contributed by atoms with Gasteiger partial charge in [-0.15, -0.1) is 16.8 Å². The van der Waals surface area contributed by atoms with Crippen LogP contribution in [0.25, 0.3) is 10.9 Å². The van der Waals surface area contributed by atoms with Crippen LogP contribution in [0, 0.1) is 0 Å². The summed E-state index contributed by atoms with van der Waals surface area (Å²) in [5, 5.41) is 10.2. The van der Waals surface area contributed by atoms with Crippen molar-refractivity contribution < 1.29 is 14.3 Å². The number of hydrogen-bond acceptors (Lipinski definition) is 6. The van der Waals surface area contributed by atoms with Crippen LogP contribution in [-0.4, -0.2) is 37.9 Å². The molecule has 0 spiro atoms. The summed E-state index contributed by atoms with van der Waals surface area (Å²) in [5.41, 5.74) is 1.63. The average Bonchev–Trinajstić information content (AvgIpc) is 3.42. The summed E-state index contributed by atoms with van der Waals surface area (Å²) in [6.45, 7) is 4.69. The molecule has 0 amide bonds. The number of hydrogen-bond donors (Lipinski definition) is 1. The number of nitrogens with zero attached hydrogens (tertiary/aromatic N) is 3. The maximum Gasteiger partial charge on any atom is 0.192 e. The van der Waals surface area contributed by atoms with E-state index in [2.05, 4.69) is 21.8 Å². The molecule has 0 saturated carbocycles. The Bertz CT molecular complexity index is 1260. The third kappa shape index (κ3) is 3.70. The van der Waals surface area contributed by atoms with Gasteiger partial charge in [-0.05, 0) is 18.2 Å². The highest BCUT2D eigenvalue weighted by Gasteiger charge is 2.28. The third-order valence-corrected chi connectivity index (χ3v) is 6.04. The van der Waals surface area contributed by atoms with Crippen molar-refractivity contribution in [2.45, 2.75) is 17.8 Å². The zero-order valence-electron chi connectivity index (χ0n) is 16.7. The van der Waals surface area contributed by atoms with E-state index in [1.807, 2.05) is 53.1 Å². The molecule has 0 unspecified atom stereocenters. The Labute approximate surface area is 183 Å². The van der Waals surface area contributed by atoms with E-state index in [0.29, 0.717) is 41.2 Å². The molecule has 4 aromatic rings. The summed E-state index contributed by atoms with van der Waals surface area (Å²) in [5.74, 6) is 2.32. The summed E-state index contributed by atoms with van der Waals surface area (Å²) in [4.78, 5) is 16.0. The van der Waals surface area contributed by atoms with Gasteiger partial charge in [-0.1, -0.05) is 48.2 Å². The van der Waals surface area contributed by atoms with Crippen LogP contribution in [-0.2, 0) is 6.54 Å². The minimum atomic E-state index is -0.388. The first-order valence-electron chi connectivity index (χ1n) is 9.89. The van der Waals surface area contributed by atoms with Gasteiger partial charge in [0, 0.05) is 29.2 Å². The van der Waals surface area contributed by atoms with Crippen LogP contribution < -0.4 is 9.47 Å². The number of H-pyrrole nitrogens is 1. The molecule has 3 heterocycles. The summed E-state index contributed by atoms with van der Waals surface area (Å²) in [6.07, 6.45) is 3.15. The van der Waals surface area contributed by atoms with Gasteiger partial charge in [0.2, 0.25) is 0 Å². The van der Waals surface area contributed by atoms with Crippen molar-refractivity contribution in [3.63, 3.8) is 0 Å². The van der Waals surface area contributed by atoms with Gasteiger partial charge in [0.25, 0.3) is 0 Å². The van der Waals surface area contributed by atoms with Crippen molar-refractivity contribution in [2.24, 2.45) is 0 Å². The van der Waals surface area contributed by atoms with Gasteiger partial charge in [-0.3, -0.25) is 9.36 Å². The van der Waals surface area contributed by atoms with Crippen LogP contribution in [0.2, 0.25) is 0 Å². The first-order chi connectivity index (χ1) is 15.2. The largest absolute Gasteiger partial charge is 0.485 e. The molecular formula is C23H20N4O3S. The first kappa shape index (κ1) is 19.4. The van der Waals surface area contributed by atoms with Crippen LogP contribution in [0.5, 0.6) is 11.5 Å². The lowest BCUT2D eigenvalue weighted by atomic mass is 10.1. The number of aromatic amines is 1. The number of fused-ring (bicyclic) bond motifs is 2. The predicted molar refractivity (Wildman–Crippen MR) is 119 cm³/mol. The van der Waals surface area contributed by atoms with Crippen LogP contribution >= 0.6 is 11.8 Å². The van der Waals surface area contributed by atoms with Gasteiger partial charge in [-0.2, -0.15) is 0 Å². The molecule has 0 aliphatic carbocycles. The van der Waals surface area contributed by atoms with Crippen molar-refractivity contribution in [3.05, 3.63) is 78.8 Å². The highest BCUT2D eigenvalue weighted by Crippen LogP contribution is 2.36. The lowest BCUT2D eigenvalue weighted by Gasteiger charge is -2.26. The Morgan fingerprint density at radius 3 is 2.87 bits per heavy atom. The van der Waals surface area contributed by atoms with Gasteiger partial charge in [0.15, 0.2) is 34.4 Å². The second-order valence-electron chi connectivity index (χ2n) is 7.06. The number of thioether (sulfide) groups is 1.